The fraction of sp³-hybridized carbons (Fsp3) is 0.765. The summed E-state index contributed by atoms with van der Waals surface area (Å²) < 4.78 is 2.57. The van der Waals surface area contributed by atoms with Crippen LogP contribution in [0.3, 0.4) is 0 Å². The highest BCUT2D eigenvalue weighted by molar-refractivity contribution is 5.34. The lowest BCUT2D eigenvalue weighted by molar-refractivity contribution is 0.271. The van der Waals surface area contributed by atoms with E-state index in [2.05, 4.69) is 43.4 Å². The minimum absolute atomic E-state index is 0.222. The Balaban J connectivity index is 1.88. The molecule has 1 saturated heterocycles. The van der Waals surface area contributed by atoms with Crippen molar-refractivity contribution in [3.05, 3.63) is 23.0 Å². The predicted molar refractivity (Wildman–Crippen MR) is 83.8 cm³/mol. The van der Waals surface area contributed by atoms with Gasteiger partial charge in [0.25, 0.3) is 0 Å². The molecule has 3 nitrogen and oxygen atoms in total. The molecule has 2 aliphatic rings. The van der Waals surface area contributed by atoms with Gasteiger partial charge in [0.2, 0.25) is 0 Å². The largest absolute Gasteiger partial charge is 0.348 e. The summed E-state index contributed by atoms with van der Waals surface area (Å²) in [6, 6.07) is 2.56. The van der Waals surface area contributed by atoms with Gasteiger partial charge in [-0.3, -0.25) is 0 Å². The van der Waals surface area contributed by atoms with E-state index in [0.717, 1.165) is 12.3 Å². The Morgan fingerprint density at radius 1 is 1.40 bits per heavy atom. The van der Waals surface area contributed by atoms with Gasteiger partial charge in [-0.25, -0.2) is 0 Å². The minimum Gasteiger partial charge on any atom is -0.348 e. The molecule has 2 atom stereocenters. The van der Waals surface area contributed by atoms with Crippen molar-refractivity contribution >= 4 is 0 Å². The van der Waals surface area contributed by atoms with Gasteiger partial charge >= 0.3 is 0 Å². The maximum Gasteiger partial charge on any atom is 0.0318 e. The first-order valence-electron chi connectivity index (χ1n) is 7.99. The number of nitrogens with zero attached hydrogens (tertiary/aromatic N) is 2. The van der Waals surface area contributed by atoms with Crippen LogP contribution >= 0.6 is 0 Å². The van der Waals surface area contributed by atoms with Gasteiger partial charge in [0, 0.05) is 30.5 Å². The van der Waals surface area contributed by atoms with Gasteiger partial charge in [0.1, 0.15) is 0 Å². The van der Waals surface area contributed by atoms with Crippen LogP contribution in [0.4, 0.5) is 0 Å². The molecule has 2 N–H and O–H groups in total. The lowest BCUT2D eigenvalue weighted by atomic mass is 9.74. The first kappa shape index (κ1) is 14.2. The van der Waals surface area contributed by atoms with E-state index >= 15 is 0 Å². The monoisotopic (exact) mass is 275 g/mol. The number of hydrogen-bond acceptors (Lipinski definition) is 2. The smallest absolute Gasteiger partial charge is 0.0318 e. The zero-order valence-electron chi connectivity index (χ0n) is 13.4. The molecule has 1 aromatic rings. The molecule has 0 spiro atoms. The van der Waals surface area contributed by atoms with Crippen molar-refractivity contribution in [2.75, 3.05) is 20.1 Å². The SMILES string of the molecule is Cc1cc2c(n1CC1CCN(C)C1)CC(C)(C)CC2N. The van der Waals surface area contributed by atoms with Crippen LogP contribution in [-0.4, -0.2) is 29.6 Å². The quantitative estimate of drug-likeness (QED) is 0.900. The molecule has 1 aromatic heterocycles. The van der Waals surface area contributed by atoms with Gasteiger partial charge < -0.3 is 15.2 Å². The molecule has 0 radical (unpaired) electrons. The van der Waals surface area contributed by atoms with Crippen molar-refractivity contribution < 1.29 is 0 Å². The molecule has 112 valence electrons. The number of aryl methyl sites for hydroxylation is 1. The number of aromatic nitrogens is 1. The summed E-state index contributed by atoms with van der Waals surface area (Å²) in [6.45, 7) is 10.6. The van der Waals surface area contributed by atoms with Crippen LogP contribution in [0.25, 0.3) is 0 Å². The van der Waals surface area contributed by atoms with Gasteiger partial charge in [-0.15, -0.1) is 0 Å². The van der Waals surface area contributed by atoms with Gasteiger partial charge in [-0.2, -0.15) is 0 Å². The van der Waals surface area contributed by atoms with E-state index in [-0.39, 0.29) is 6.04 Å². The average molecular weight is 275 g/mol. The Labute approximate surface area is 123 Å². The topological polar surface area (TPSA) is 34.2 Å². The molecule has 1 fully saturated rings. The van der Waals surface area contributed by atoms with E-state index in [1.807, 2.05) is 0 Å². The molecule has 20 heavy (non-hydrogen) atoms. The molecule has 1 aliphatic heterocycles. The third-order valence-corrected chi connectivity index (χ3v) is 5.20. The van der Waals surface area contributed by atoms with E-state index in [4.69, 9.17) is 5.73 Å². The van der Waals surface area contributed by atoms with Crippen molar-refractivity contribution in [1.29, 1.82) is 0 Å². The summed E-state index contributed by atoms with van der Waals surface area (Å²) in [5.74, 6) is 0.802. The molecule has 3 heteroatoms. The Morgan fingerprint density at radius 3 is 2.80 bits per heavy atom. The zero-order valence-corrected chi connectivity index (χ0v) is 13.4. The van der Waals surface area contributed by atoms with Gasteiger partial charge in [-0.1, -0.05) is 13.8 Å². The molecule has 0 saturated carbocycles. The summed E-state index contributed by atoms with van der Waals surface area (Å²) in [5.41, 5.74) is 11.1. The van der Waals surface area contributed by atoms with Crippen LogP contribution < -0.4 is 5.73 Å². The molecule has 3 rings (SSSR count). The first-order chi connectivity index (χ1) is 9.35. The van der Waals surface area contributed by atoms with Gasteiger partial charge in [-0.05, 0) is 62.7 Å². The Bertz CT molecular complexity index is 501. The van der Waals surface area contributed by atoms with Crippen LogP contribution in [-0.2, 0) is 13.0 Å². The number of fused-ring (bicyclic) bond motifs is 1. The Hall–Kier alpha value is -0.800. The highest BCUT2D eigenvalue weighted by Gasteiger charge is 2.34. The first-order valence-corrected chi connectivity index (χ1v) is 7.99. The van der Waals surface area contributed by atoms with Crippen LogP contribution in [0, 0.1) is 18.3 Å². The molecule has 2 heterocycles. The van der Waals surface area contributed by atoms with Gasteiger partial charge in [0.15, 0.2) is 0 Å². The molecular formula is C17H29N3. The van der Waals surface area contributed by atoms with E-state index < -0.39 is 0 Å². The summed E-state index contributed by atoms with van der Waals surface area (Å²) in [6.07, 6.45) is 3.61. The summed E-state index contributed by atoms with van der Waals surface area (Å²) in [5, 5.41) is 0. The highest BCUT2D eigenvalue weighted by atomic mass is 15.1. The number of nitrogens with two attached hydrogens (primary N) is 1. The van der Waals surface area contributed by atoms with Crippen molar-refractivity contribution in [3.8, 4) is 0 Å². The lowest BCUT2D eigenvalue weighted by Crippen LogP contribution is -2.31. The molecule has 2 unspecified atom stereocenters. The second-order valence-electron chi connectivity index (χ2n) is 7.87. The molecule has 0 bridgehead atoms. The highest BCUT2D eigenvalue weighted by Crippen LogP contribution is 2.41. The van der Waals surface area contributed by atoms with Crippen LogP contribution in [0.2, 0.25) is 0 Å². The minimum atomic E-state index is 0.222. The fourth-order valence-electron chi connectivity index (χ4n) is 4.19. The second-order valence-corrected chi connectivity index (χ2v) is 7.87. The number of rotatable bonds is 2. The maximum atomic E-state index is 6.41. The average Bonchev–Trinajstić information content (AvgIpc) is 2.86. The molecule has 0 aromatic carbocycles. The van der Waals surface area contributed by atoms with E-state index in [0.29, 0.717) is 5.41 Å². The van der Waals surface area contributed by atoms with Crippen LogP contribution in [0.15, 0.2) is 6.07 Å². The maximum absolute atomic E-state index is 6.41. The summed E-state index contributed by atoms with van der Waals surface area (Å²) in [4.78, 5) is 2.45. The van der Waals surface area contributed by atoms with Crippen molar-refractivity contribution in [1.82, 2.24) is 9.47 Å². The zero-order chi connectivity index (χ0) is 14.5. The van der Waals surface area contributed by atoms with Crippen LogP contribution in [0.5, 0.6) is 0 Å². The number of likely N-dealkylation sites (tertiary alicyclic amines) is 1. The Kier molecular flexibility index (Phi) is 3.46. The Morgan fingerprint density at radius 2 is 2.15 bits per heavy atom. The summed E-state index contributed by atoms with van der Waals surface area (Å²) >= 11 is 0. The van der Waals surface area contributed by atoms with E-state index in [9.17, 15) is 0 Å². The lowest BCUT2D eigenvalue weighted by Gasteiger charge is -2.35. The molecular weight excluding hydrogens is 246 g/mol. The summed E-state index contributed by atoms with van der Waals surface area (Å²) in [7, 11) is 2.23. The third-order valence-electron chi connectivity index (χ3n) is 5.20. The van der Waals surface area contributed by atoms with Crippen molar-refractivity contribution in [2.24, 2.45) is 17.1 Å². The van der Waals surface area contributed by atoms with Gasteiger partial charge in [0.05, 0.1) is 0 Å². The predicted octanol–water partition coefficient (Wildman–Crippen LogP) is 2.72. The third kappa shape index (κ3) is 2.53. The van der Waals surface area contributed by atoms with Crippen LogP contribution in [0.1, 0.15) is 49.7 Å². The normalized spacial score (nSPS) is 29.6. The number of hydrogen-bond donors (Lipinski definition) is 1. The van der Waals surface area contributed by atoms with Crippen molar-refractivity contribution in [2.45, 2.75) is 52.6 Å². The van der Waals surface area contributed by atoms with Crippen molar-refractivity contribution in [3.63, 3.8) is 0 Å². The standard InChI is InChI=1S/C17H29N3/c1-12-7-14-15(18)8-17(2,3)9-16(14)20(12)11-13-5-6-19(4)10-13/h7,13,15H,5-6,8-11,18H2,1-4H3. The van der Waals surface area contributed by atoms with E-state index in [1.54, 1.807) is 0 Å². The molecule has 0 amide bonds. The second kappa shape index (κ2) is 4.88. The van der Waals surface area contributed by atoms with E-state index in [1.165, 1.54) is 49.4 Å². The fourth-order valence-corrected chi connectivity index (χ4v) is 4.19. The molecule has 1 aliphatic carbocycles.